The second-order valence-corrected chi connectivity index (χ2v) is 7.76. The van der Waals surface area contributed by atoms with E-state index in [1.807, 2.05) is 30.3 Å². The van der Waals surface area contributed by atoms with Crippen LogP contribution >= 0.6 is 22.6 Å². The predicted molar refractivity (Wildman–Crippen MR) is 111 cm³/mol. The minimum absolute atomic E-state index is 0.0232. The zero-order valence-corrected chi connectivity index (χ0v) is 17.3. The highest BCUT2D eigenvalue weighted by molar-refractivity contribution is 14.1. The van der Waals surface area contributed by atoms with Crippen LogP contribution in [0.3, 0.4) is 0 Å². The molecule has 0 aliphatic carbocycles. The largest absolute Gasteiger partial charge is 0.468 e. The van der Waals surface area contributed by atoms with Gasteiger partial charge < -0.3 is 15.1 Å². The van der Waals surface area contributed by atoms with Crippen molar-refractivity contribution in [3.8, 4) is 0 Å². The van der Waals surface area contributed by atoms with Gasteiger partial charge in [-0.25, -0.2) is 0 Å². The van der Waals surface area contributed by atoms with Crippen molar-refractivity contribution in [2.24, 2.45) is 0 Å². The van der Waals surface area contributed by atoms with Gasteiger partial charge in [0.25, 0.3) is 5.91 Å². The summed E-state index contributed by atoms with van der Waals surface area (Å²) in [6.45, 7) is 2.43. The van der Waals surface area contributed by atoms with E-state index in [1.165, 1.54) is 6.42 Å². The van der Waals surface area contributed by atoms with E-state index in [-0.39, 0.29) is 24.4 Å². The molecule has 1 aliphatic heterocycles. The lowest BCUT2D eigenvalue weighted by molar-refractivity contribution is -0.120. The molecule has 6 nitrogen and oxygen atoms in total. The summed E-state index contributed by atoms with van der Waals surface area (Å²) in [6.07, 6.45) is 5.24. The van der Waals surface area contributed by atoms with Gasteiger partial charge in [0, 0.05) is 10.1 Å². The molecule has 27 heavy (non-hydrogen) atoms. The summed E-state index contributed by atoms with van der Waals surface area (Å²) in [6, 6.07) is 11.1. The molecule has 0 saturated carbocycles. The van der Waals surface area contributed by atoms with Crippen LogP contribution < -0.4 is 10.6 Å². The maximum atomic E-state index is 12.2. The number of piperidine rings is 1. The Balaban J connectivity index is 1.52. The fourth-order valence-electron chi connectivity index (χ4n) is 3.29. The smallest absolute Gasteiger partial charge is 0.252 e. The summed E-state index contributed by atoms with van der Waals surface area (Å²) >= 11 is 2.11. The molecule has 7 heteroatoms. The SMILES string of the molecule is O=C(CNC(=O)c1ccccc1I)NCC(c1ccco1)N1CCCCC1. The van der Waals surface area contributed by atoms with Crippen molar-refractivity contribution in [2.75, 3.05) is 26.2 Å². The molecule has 144 valence electrons. The molecule has 2 aromatic rings. The number of nitrogens with zero attached hydrogens (tertiary/aromatic N) is 1. The summed E-state index contributed by atoms with van der Waals surface area (Å²) in [7, 11) is 0. The number of amides is 2. The third-order valence-electron chi connectivity index (χ3n) is 4.72. The van der Waals surface area contributed by atoms with E-state index in [0.29, 0.717) is 12.1 Å². The Morgan fingerprint density at radius 1 is 1.07 bits per heavy atom. The standard InChI is InChI=1S/C20H24IN3O3/c21-16-8-3-2-7-15(16)20(26)23-14-19(25)22-13-17(18-9-6-12-27-18)24-10-4-1-5-11-24/h2-3,6-9,12,17H,1,4-5,10-11,13-14H2,(H,22,25)(H,23,26). The molecule has 3 rings (SSSR count). The maximum absolute atomic E-state index is 12.2. The van der Waals surface area contributed by atoms with Gasteiger partial charge >= 0.3 is 0 Å². The lowest BCUT2D eigenvalue weighted by Crippen LogP contribution is -2.43. The van der Waals surface area contributed by atoms with Crippen LogP contribution in [-0.4, -0.2) is 42.9 Å². The lowest BCUT2D eigenvalue weighted by atomic mass is 10.1. The van der Waals surface area contributed by atoms with Gasteiger partial charge in [0.1, 0.15) is 5.76 Å². The fourth-order valence-corrected chi connectivity index (χ4v) is 3.93. The monoisotopic (exact) mass is 481 g/mol. The van der Waals surface area contributed by atoms with Crippen LogP contribution in [0.1, 0.15) is 41.4 Å². The number of likely N-dealkylation sites (tertiary alicyclic amines) is 1. The topological polar surface area (TPSA) is 74.6 Å². The fraction of sp³-hybridized carbons (Fsp3) is 0.400. The number of nitrogens with one attached hydrogen (secondary N) is 2. The summed E-state index contributed by atoms with van der Waals surface area (Å²) in [5, 5.41) is 5.62. The van der Waals surface area contributed by atoms with Crippen molar-refractivity contribution >= 4 is 34.4 Å². The van der Waals surface area contributed by atoms with Crippen LogP contribution in [0.25, 0.3) is 0 Å². The van der Waals surface area contributed by atoms with Gasteiger partial charge in [0.2, 0.25) is 5.91 Å². The number of hydrogen-bond donors (Lipinski definition) is 2. The van der Waals surface area contributed by atoms with E-state index in [4.69, 9.17) is 4.42 Å². The van der Waals surface area contributed by atoms with Crippen molar-refractivity contribution < 1.29 is 14.0 Å². The molecule has 0 bridgehead atoms. The average molecular weight is 481 g/mol. The first-order valence-electron chi connectivity index (χ1n) is 9.22. The molecule has 0 radical (unpaired) electrons. The first-order valence-corrected chi connectivity index (χ1v) is 10.3. The molecular weight excluding hydrogens is 457 g/mol. The van der Waals surface area contributed by atoms with Gasteiger partial charge in [0.15, 0.2) is 0 Å². The van der Waals surface area contributed by atoms with Crippen LogP contribution in [0, 0.1) is 3.57 Å². The van der Waals surface area contributed by atoms with E-state index in [1.54, 1.807) is 12.3 Å². The van der Waals surface area contributed by atoms with Crippen LogP contribution in [0.4, 0.5) is 0 Å². The molecule has 1 atom stereocenters. The third-order valence-corrected chi connectivity index (χ3v) is 5.66. The summed E-state index contributed by atoms with van der Waals surface area (Å²) in [5.41, 5.74) is 0.577. The van der Waals surface area contributed by atoms with Crippen molar-refractivity contribution in [2.45, 2.75) is 25.3 Å². The molecule has 1 aliphatic rings. The number of halogens is 1. The van der Waals surface area contributed by atoms with Gasteiger partial charge in [-0.15, -0.1) is 0 Å². The maximum Gasteiger partial charge on any atom is 0.252 e. The Kier molecular flexibility index (Phi) is 7.28. The van der Waals surface area contributed by atoms with Gasteiger partial charge in [-0.2, -0.15) is 0 Å². The molecule has 0 spiro atoms. The van der Waals surface area contributed by atoms with Gasteiger partial charge in [-0.1, -0.05) is 18.6 Å². The van der Waals surface area contributed by atoms with E-state index in [2.05, 4.69) is 38.1 Å². The molecule has 2 heterocycles. The Labute approximate surface area is 172 Å². The highest BCUT2D eigenvalue weighted by Gasteiger charge is 2.25. The normalized spacial score (nSPS) is 15.9. The lowest BCUT2D eigenvalue weighted by Gasteiger charge is -2.33. The molecule has 1 saturated heterocycles. The van der Waals surface area contributed by atoms with Crippen molar-refractivity contribution in [1.82, 2.24) is 15.5 Å². The number of rotatable bonds is 7. The number of hydrogen-bond acceptors (Lipinski definition) is 4. The highest BCUT2D eigenvalue weighted by atomic mass is 127. The van der Waals surface area contributed by atoms with Gasteiger partial charge in [-0.3, -0.25) is 14.5 Å². The van der Waals surface area contributed by atoms with Crippen LogP contribution in [-0.2, 0) is 4.79 Å². The predicted octanol–water partition coefficient (Wildman–Crippen LogP) is 2.96. The molecule has 2 amide bonds. The molecule has 1 aromatic carbocycles. The second-order valence-electron chi connectivity index (χ2n) is 6.59. The molecule has 1 unspecified atom stereocenters. The summed E-state index contributed by atoms with van der Waals surface area (Å²) in [5.74, 6) is 0.414. The molecule has 1 aromatic heterocycles. The van der Waals surface area contributed by atoms with E-state index in [9.17, 15) is 9.59 Å². The Morgan fingerprint density at radius 3 is 2.56 bits per heavy atom. The van der Waals surface area contributed by atoms with Crippen molar-refractivity contribution in [3.05, 3.63) is 57.6 Å². The third kappa shape index (κ3) is 5.55. The zero-order valence-electron chi connectivity index (χ0n) is 15.1. The van der Waals surface area contributed by atoms with Gasteiger partial charge in [-0.05, 0) is 72.8 Å². The average Bonchev–Trinajstić information content (AvgIpc) is 3.22. The zero-order chi connectivity index (χ0) is 19.1. The number of carbonyl (C=O) groups excluding carboxylic acids is 2. The Morgan fingerprint density at radius 2 is 1.85 bits per heavy atom. The second kappa shape index (κ2) is 9.89. The van der Waals surface area contributed by atoms with Crippen molar-refractivity contribution in [1.29, 1.82) is 0 Å². The van der Waals surface area contributed by atoms with Crippen LogP contribution in [0.15, 0.2) is 47.1 Å². The number of carbonyl (C=O) groups is 2. The van der Waals surface area contributed by atoms with E-state index < -0.39 is 0 Å². The molecular formula is C20H24IN3O3. The minimum atomic E-state index is -0.242. The highest BCUT2D eigenvalue weighted by Crippen LogP contribution is 2.24. The van der Waals surface area contributed by atoms with E-state index in [0.717, 1.165) is 35.3 Å². The minimum Gasteiger partial charge on any atom is -0.468 e. The first kappa shape index (κ1) is 19.9. The molecule has 2 N–H and O–H groups in total. The Bertz CT molecular complexity index is 758. The van der Waals surface area contributed by atoms with E-state index >= 15 is 0 Å². The van der Waals surface area contributed by atoms with Crippen LogP contribution in [0.5, 0.6) is 0 Å². The summed E-state index contributed by atoms with van der Waals surface area (Å²) < 4.78 is 6.44. The van der Waals surface area contributed by atoms with Gasteiger partial charge in [0.05, 0.1) is 24.4 Å². The number of benzene rings is 1. The number of furan rings is 1. The quantitative estimate of drug-likeness (QED) is 0.597. The van der Waals surface area contributed by atoms with Crippen molar-refractivity contribution in [3.63, 3.8) is 0 Å². The Hall–Kier alpha value is -1.87. The first-order chi connectivity index (χ1) is 13.1. The van der Waals surface area contributed by atoms with Crippen LogP contribution in [0.2, 0.25) is 0 Å². The molecule has 1 fully saturated rings. The summed E-state index contributed by atoms with van der Waals surface area (Å²) in [4.78, 5) is 26.8.